The molecule has 0 amide bonds. The summed E-state index contributed by atoms with van der Waals surface area (Å²) in [5, 5.41) is 2.50. The van der Waals surface area contributed by atoms with Crippen LogP contribution >= 0.6 is 0 Å². The van der Waals surface area contributed by atoms with Gasteiger partial charge in [0.2, 0.25) is 0 Å². The van der Waals surface area contributed by atoms with Gasteiger partial charge in [-0.25, -0.2) is 0 Å². The topological polar surface area (TPSA) is 3.24 Å². The second-order valence-corrected chi connectivity index (χ2v) is 13.4. The Bertz CT molecular complexity index is 2540. The first-order chi connectivity index (χ1) is 26.3. The molecule has 0 heterocycles. The summed E-state index contributed by atoms with van der Waals surface area (Å²) < 4.78 is 0. The predicted octanol–water partition coefficient (Wildman–Crippen LogP) is 14.6. The fraction of sp³-hybridized carbons (Fsp3) is 0. The molecule has 0 fully saturated rings. The third-order valence-corrected chi connectivity index (χ3v) is 10.1. The Morgan fingerprint density at radius 2 is 0.698 bits per heavy atom. The van der Waals surface area contributed by atoms with Gasteiger partial charge in [-0.1, -0.05) is 182 Å². The van der Waals surface area contributed by atoms with Crippen LogP contribution in [0.3, 0.4) is 0 Å². The Labute approximate surface area is 311 Å². The van der Waals surface area contributed by atoms with Gasteiger partial charge in [0.1, 0.15) is 0 Å². The number of benzene rings is 9. The molecule has 0 N–H and O–H groups in total. The van der Waals surface area contributed by atoms with Crippen molar-refractivity contribution in [3.05, 3.63) is 224 Å². The molecule has 9 aromatic carbocycles. The van der Waals surface area contributed by atoms with Crippen molar-refractivity contribution in [3.63, 3.8) is 0 Å². The smallest absolute Gasteiger partial charge is 0.0467 e. The van der Waals surface area contributed by atoms with E-state index in [0.717, 1.165) is 17.1 Å². The van der Waals surface area contributed by atoms with Gasteiger partial charge < -0.3 is 4.90 Å². The van der Waals surface area contributed by atoms with Gasteiger partial charge in [0.15, 0.2) is 0 Å². The average Bonchev–Trinajstić information content (AvgIpc) is 3.25. The van der Waals surface area contributed by atoms with E-state index in [1.54, 1.807) is 0 Å². The van der Waals surface area contributed by atoms with Crippen LogP contribution in [0.15, 0.2) is 224 Å². The molecule has 1 heteroatoms. The molecule has 9 rings (SSSR count). The summed E-state index contributed by atoms with van der Waals surface area (Å²) in [5.41, 5.74) is 15.4. The highest BCUT2D eigenvalue weighted by Crippen LogP contribution is 2.41. The summed E-state index contributed by atoms with van der Waals surface area (Å²) in [6, 6.07) is 80.8. The van der Waals surface area contributed by atoms with E-state index in [4.69, 9.17) is 0 Å². The van der Waals surface area contributed by atoms with E-state index < -0.39 is 0 Å². The summed E-state index contributed by atoms with van der Waals surface area (Å²) in [6.45, 7) is 0. The lowest BCUT2D eigenvalue weighted by atomic mass is 9.89. The molecule has 0 aliphatic rings. The number of fused-ring (bicyclic) bond motifs is 1. The van der Waals surface area contributed by atoms with Crippen LogP contribution in [0.5, 0.6) is 0 Å². The van der Waals surface area contributed by atoms with Crippen LogP contribution in [0, 0.1) is 0 Å². The van der Waals surface area contributed by atoms with Crippen LogP contribution < -0.4 is 4.90 Å². The van der Waals surface area contributed by atoms with Gasteiger partial charge in [-0.05, 0) is 109 Å². The van der Waals surface area contributed by atoms with E-state index in [1.165, 1.54) is 66.4 Å². The molecular weight excluding hydrogens is 639 g/mol. The molecule has 0 atom stereocenters. The first-order valence-corrected chi connectivity index (χ1v) is 18.2. The second kappa shape index (κ2) is 14.3. The minimum atomic E-state index is 1.10. The molecule has 0 aliphatic carbocycles. The fourth-order valence-corrected chi connectivity index (χ4v) is 7.43. The number of anilines is 3. The minimum Gasteiger partial charge on any atom is -0.310 e. The lowest BCUT2D eigenvalue weighted by molar-refractivity contribution is 1.28. The largest absolute Gasteiger partial charge is 0.310 e. The molecule has 0 saturated heterocycles. The first kappa shape index (κ1) is 32.0. The Hall–Kier alpha value is -6.96. The third-order valence-electron chi connectivity index (χ3n) is 10.1. The van der Waals surface area contributed by atoms with Gasteiger partial charge in [0.05, 0.1) is 0 Å². The molecule has 0 aliphatic heterocycles. The van der Waals surface area contributed by atoms with Gasteiger partial charge in [-0.2, -0.15) is 0 Å². The van der Waals surface area contributed by atoms with Crippen molar-refractivity contribution < 1.29 is 0 Å². The maximum atomic E-state index is 2.35. The zero-order chi connectivity index (χ0) is 35.4. The Kier molecular flexibility index (Phi) is 8.66. The molecule has 1 nitrogen and oxygen atoms in total. The Morgan fingerprint density at radius 1 is 0.245 bits per heavy atom. The standard InChI is InChI=1S/C52H37N/c1-4-14-38(15-5-1)40-26-31-47(32-27-40)53(48-33-28-41(29-34-48)39-16-6-2-7-17-39)49-24-13-22-45(37-49)44-21-12-23-46(36-44)51-35-30-42-18-10-11-25-50(42)52(51)43-19-8-3-9-20-43/h1-37H. The van der Waals surface area contributed by atoms with Gasteiger partial charge in [-0.3, -0.25) is 0 Å². The SMILES string of the molecule is c1ccc(-c2ccc(N(c3ccc(-c4ccccc4)cc3)c3cccc(-c4cccc(-c5ccc6ccccc6c5-c5ccccc5)c4)c3)cc2)cc1. The molecule has 0 saturated carbocycles. The summed E-state index contributed by atoms with van der Waals surface area (Å²) >= 11 is 0. The van der Waals surface area contributed by atoms with E-state index in [1.807, 2.05) is 0 Å². The van der Waals surface area contributed by atoms with Crippen LogP contribution in [0.25, 0.3) is 66.4 Å². The van der Waals surface area contributed by atoms with Crippen molar-refractivity contribution in [2.24, 2.45) is 0 Å². The van der Waals surface area contributed by atoms with Crippen molar-refractivity contribution >= 4 is 27.8 Å². The zero-order valence-corrected chi connectivity index (χ0v) is 29.3. The van der Waals surface area contributed by atoms with Crippen molar-refractivity contribution in [2.75, 3.05) is 4.90 Å². The number of nitrogens with zero attached hydrogens (tertiary/aromatic N) is 1. The lowest BCUT2D eigenvalue weighted by Gasteiger charge is -2.26. The van der Waals surface area contributed by atoms with Gasteiger partial charge in [0, 0.05) is 17.1 Å². The van der Waals surface area contributed by atoms with Crippen LogP contribution in [0.4, 0.5) is 17.1 Å². The van der Waals surface area contributed by atoms with E-state index >= 15 is 0 Å². The second-order valence-electron chi connectivity index (χ2n) is 13.4. The fourth-order valence-electron chi connectivity index (χ4n) is 7.43. The average molecular weight is 676 g/mol. The molecule has 250 valence electrons. The van der Waals surface area contributed by atoms with Gasteiger partial charge in [0.25, 0.3) is 0 Å². The van der Waals surface area contributed by atoms with Gasteiger partial charge in [-0.15, -0.1) is 0 Å². The quantitative estimate of drug-likeness (QED) is 0.155. The van der Waals surface area contributed by atoms with E-state index in [2.05, 4.69) is 229 Å². The van der Waals surface area contributed by atoms with Crippen LogP contribution in [0.1, 0.15) is 0 Å². The van der Waals surface area contributed by atoms with Crippen LogP contribution in [-0.4, -0.2) is 0 Å². The molecule has 0 spiro atoms. The maximum absolute atomic E-state index is 2.35. The van der Waals surface area contributed by atoms with E-state index in [9.17, 15) is 0 Å². The summed E-state index contributed by atoms with van der Waals surface area (Å²) in [6.07, 6.45) is 0. The maximum Gasteiger partial charge on any atom is 0.0467 e. The zero-order valence-electron chi connectivity index (χ0n) is 29.3. The Balaban J connectivity index is 1.13. The Morgan fingerprint density at radius 3 is 1.30 bits per heavy atom. The monoisotopic (exact) mass is 675 g/mol. The van der Waals surface area contributed by atoms with Crippen molar-refractivity contribution in [2.45, 2.75) is 0 Å². The van der Waals surface area contributed by atoms with Crippen LogP contribution in [0.2, 0.25) is 0 Å². The summed E-state index contributed by atoms with van der Waals surface area (Å²) in [7, 11) is 0. The molecule has 0 bridgehead atoms. The van der Waals surface area contributed by atoms with Crippen molar-refractivity contribution in [1.82, 2.24) is 0 Å². The molecule has 0 radical (unpaired) electrons. The van der Waals surface area contributed by atoms with E-state index in [0.29, 0.717) is 0 Å². The van der Waals surface area contributed by atoms with E-state index in [-0.39, 0.29) is 0 Å². The number of hydrogen-bond donors (Lipinski definition) is 0. The molecular formula is C52H37N. The number of hydrogen-bond acceptors (Lipinski definition) is 1. The molecule has 0 unspecified atom stereocenters. The highest BCUT2D eigenvalue weighted by molar-refractivity contribution is 6.04. The normalized spacial score (nSPS) is 11.0. The van der Waals surface area contributed by atoms with Crippen molar-refractivity contribution in [3.8, 4) is 55.6 Å². The van der Waals surface area contributed by atoms with Gasteiger partial charge >= 0.3 is 0 Å². The molecule has 9 aromatic rings. The molecule has 53 heavy (non-hydrogen) atoms. The third kappa shape index (κ3) is 6.53. The summed E-state index contributed by atoms with van der Waals surface area (Å²) in [5.74, 6) is 0. The summed E-state index contributed by atoms with van der Waals surface area (Å²) in [4.78, 5) is 2.35. The molecule has 0 aromatic heterocycles. The highest BCUT2D eigenvalue weighted by Gasteiger charge is 2.16. The highest BCUT2D eigenvalue weighted by atomic mass is 15.1. The van der Waals surface area contributed by atoms with Crippen molar-refractivity contribution in [1.29, 1.82) is 0 Å². The predicted molar refractivity (Wildman–Crippen MR) is 226 cm³/mol. The number of rotatable bonds is 8. The minimum absolute atomic E-state index is 1.10. The first-order valence-electron chi connectivity index (χ1n) is 18.2. The van der Waals surface area contributed by atoms with Crippen LogP contribution in [-0.2, 0) is 0 Å². The lowest BCUT2D eigenvalue weighted by Crippen LogP contribution is -2.10.